The van der Waals surface area contributed by atoms with Crippen LogP contribution < -0.4 is 5.32 Å². The van der Waals surface area contributed by atoms with E-state index >= 15 is 0 Å². The molecule has 0 aromatic carbocycles. The smallest absolute Gasteiger partial charge is 0.0474 e. The van der Waals surface area contributed by atoms with Crippen molar-refractivity contribution >= 4 is 0 Å². The Bertz CT molecular complexity index is 156. The summed E-state index contributed by atoms with van der Waals surface area (Å²) in [6, 6.07) is 0.616. The van der Waals surface area contributed by atoms with Crippen LogP contribution in [0, 0.1) is 11.8 Å². The third kappa shape index (κ3) is 2.23. The summed E-state index contributed by atoms with van der Waals surface area (Å²) < 4.78 is 0. The molecule has 13 heavy (non-hydrogen) atoms. The Hall–Kier alpha value is -0.0800. The third-order valence-electron chi connectivity index (χ3n) is 3.79. The maximum absolute atomic E-state index is 9.13. The third-order valence-corrected chi connectivity index (χ3v) is 3.79. The SMILES string of the molecule is OCC1CCCC1NCC1CCC1. The molecule has 2 aliphatic carbocycles. The van der Waals surface area contributed by atoms with Crippen LogP contribution in [0.4, 0.5) is 0 Å². The minimum Gasteiger partial charge on any atom is -0.396 e. The van der Waals surface area contributed by atoms with E-state index in [4.69, 9.17) is 5.11 Å². The van der Waals surface area contributed by atoms with Gasteiger partial charge in [0, 0.05) is 12.6 Å². The lowest BCUT2D eigenvalue weighted by molar-refractivity contribution is 0.195. The maximum Gasteiger partial charge on any atom is 0.0474 e. The maximum atomic E-state index is 9.13. The topological polar surface area (TPSA) is 32.3 Å². The molecule has 0 saturated heterocycles. The molecule has 0 aromatic rings. The van der Waals surface area contributed by atoms with Gasteiger partial charge in [-0.3, -0.25) is 0 Å². The van der Waals surface area contributed by atoms with Crippen molar-refractivity contribution in [3.63, 3.8) is 0 Å². The molecule has 0 spiro atoms. The predicted molar refractivity (Wildman–Crippen MR) is 53.6 cm³/mol. The van der Waals surface area contributed by atoms with Crippen LogP contribution in [0.3, 0.4) is 0 Å². The summed E-state index contributed by atoms with van der Waals surface area (Å²) in [7, 11) is 0. The van der Waals surface area contributed by atoms with Crippen LogP contribution >= 0.6 is 0 Å². The summed E-state index contributed by atoms with van der Waals surface area (Å²) in [5.41, 5.74) is 0. The van der Waals surface area contributed by atoms with E-state index in [1.165, 1.54) is 45.1 Å². The van der Waals surface area contributed by atoms with Crippen molar-refractivity contribution in [3.8, 4) is 0 Å². The number of aliphatic hydroxyl groups excluding tert-OH is 1. The van der Waals surface area contributed by atoms with Gasteiger partial charge in [0.1, 0.15) is 0 Å². The molecule has 2 aliphatic rings. The van der Waals surface area contributed by atoms with Crippen molar-refractivity contribution in [2.75, 3.05) is 13.2 Å². The van der Waals surface area contributed by atoms with Crippen LogP contribution in [-0.4, -0.2) is 24.3 Å². The standard InChI is InChI=1S/C11H21NO/c13-8-10-5-2-6-11(10)12-7-9-3-1-4-9/h9-13H,1-8H2. The van der Waals surface area contributed by atoms with Gasteiger partial charge in [-0.15, -0.1) is 0 Å². The van der Waals surface area contributed by atoms with E-state index in [9.17, 15) is 0 Å². The average Bonchev–Trinajstić information content (AvgIpc) is 2.49. The van der Waals surface area contributed by atoms with Crippen LogP contribution in [0.5, 0.6) is 0 Å². The summed E-state index contributed by atoms with van der Waals surface area (Å²) >= 11 is 0. The fraction of sp³-hybridized carbons (Fsp3) is 1.00. The number of rotatable bonds is 4. The first-order chi connectivity index (χ1) is 6.40. The van der Waals surface area contributed by atoms with Crippen LogP contribution in [0.15, 0.2) is 0 Å². The molecule has 0 bridgehead atoms. The highest BCUT2D eigenvalue weighted by atomic mass is 16.3. The highest BCUT2D eigenvalue weighted by molar-refractivity contribution is 4.84. The quantitative estimate of drug-likeness (QED) is 0.693. The molecule has 2 unspecified atom stereocenters. The summed E-state index contributed by atoms with van der Waals surface area (Å²) in [6.07, 6.45) is 8.07. The minimum absolute atomic E-state index is 0.377. The van der Waals surface area contributed by atoms with Crippen molar-refractivity contribution in [2.45, 2.75) is 44.6 Å². The van der Waals surface area contributed by atoms with Gasteiger partial charge < -0.3 is 10.4 Å². The summed E-state index contributed by atoms with van der Waals surface area (Å²) in [5.74, 6) is 1.49. The fourth-order valence-corrected chi connectivity index (χ4v) is 2.54. The highest BCUT2D eigenvalue weighted by Gasteiger charge is 2.27. The zero-order valence-electron chi connectivity index (χ0n) is 8.34. The van der Waals surface area contributed by atoms with Crippen LogP contribution in [0.25, 0.3) is 0 Å². The van der Waals surface area contributed by atoms with Crippen LogP contribution in [0.1, 0.15) is 38.5 Å². The second-order valence-corrected chi connectivity index (χ2v) is 4.69. The lowest BCUT2D eigenvalue weighted by Crippen LogP contribution is -2.38. The van der Waals surface area contributed by atoms with Crippen LogP contribution in [-0.2, 0) is 0 Å². The Labute approximate surface area is 80.7 Å². The number of hydrogen-bond donors (Lipinski definition) is 2. The van der Waals surface area contributed by atoms with Gasteiger partial charge in [0.15, 0.2) is 0 Å². The lowest BCUT2D eigenvalue weighted by Gasteiger charge is -2.28. The summed E-state index contributed by atoms with van der Waals surface area (Å²) in [4.78, 5) is 0. The fourth-order valence-electron chi connectivity index (χ4n) is 2.54. The Kier molecular flexibility index (Phi) is 3.23. The summed E-state index contributed by atoms with van der Waals surface area (Å²) in [6.45, 7) is 1.57. The lowest BCUT2D eigenvalue weighted by atomic mass is 9.85. The average molecular weight is 183 g/mol. The Morgan fingerprint density at radius 3 is 2.46 bits per heavy atom. The van der Waals surface area contributed by atoms with Crippen molar-refractivity contribution in [1.82, 2.24) is 5.32 Å². The molecule has 2 rings (SSSR count). The number of nitrogens with one attached hydrogen (secondary N) is 1. The molecule has 0 radical (unpaired) electrons. The molecule has 2 fully saturated rings. The molecule has 0 aliphatic heterocycles. The first kappa shape index (κ1) is 9.47. The highest BCUT2D eigenvalue weighted by Crippen LogP contribution is 2.28. The van der Waals surface area contributed by atoms with E-state index in [-0.39, 0.29) is 0 Å². The minimum atomic E-state index is 0.377. The zero-order valence-corrected chi connectivity index (χ0v) is 8.34. The van der Waals surface area contributed by atoms with Gasteiger partial charge >= 0.3 is 0 Å². The largest absolute Gasteiger partial charge is 0.396 e. The molecule has 0 aromatic heterocycles. The zero-order chi connectivity index (χ0) is 9.10. The van der Waals surface area contributed by atoms with Crippen molar-refractivity contribution < 1.29 is 5.11 Å². The summed E-state index contributed by atoms with van der Waals surface area (Å²) in [5, 5.41) is 12.8. The number of aliphatic hydroxyl groups is 1. The van der Waals surface area contributed by atoms with E-state index in [1.54, 1.807) is 0 Å². The molecule has 2 nitrogen and oxygen atoms in total. The van der Waals surface area contributed by atoms with Gasteiger partial charge in [0.05, 0.1) is 0 Å². The molecule has 2 atom stereocenters. The van der Waals surface area contributed by atoms with E-state index in [1.807, 2.05) is 0 Å². The van der Waals surface area contributed by atoms with Gasteiger partial charge in [-0.1, -0.05) is 12.8 Å². The molecule has 0 amide bonds. The Balaban J connectivity index is 1.67. The Morgan fingerprint density at radius 1 is 1.08 bits per heavy atom. The van der Waals surface area contributed by atoms with Crippen LogP contribution in [0.2, 0.25) is 0 Å². The predicted octanol–water partition coefficient (Wildman–Crippen LogP) is 1.54. The molecular formula is C11H21NO. The van der Waals surface area contributed by atoms with Crippen molar-refractivity contribution in [1.29, 1.82) is 0 Å². The molecule has 2 heteroatoms. The van der Waals surface area contributed by atoms with E-state index in [2.05, 4.69) is 5.32 Å². The molecular weight excluding hydrogens is 162 g/mol. The van der Waals surface area contributed by atoms with Gasteiger partial charge in [0.2, 0.25) is 0 Å². The monoisotopic (exact) mass is 183 g/mol. The second kappa shape index (κ2) is 4.43. The molecule has 2 N–H and O–H groups in total. The van der Waals surface area contributed by atoms with E-state index in [0.717, 1.165) is 5.92 Å². The Morgan fingerprint density at radius 2 is 1.85 bits per heavy atom. The van der Waals surface area contributed by atoms with Gasteiger partial charge in [-0.05, 0) is 44.1 Å². The van der Waals surface area contributed by atoms with Gasteiger partial charge in [-0.2, -0.15) is 0 Å². The van der Waals surface area contributed by atoms with E-state index in [0.29, 0.717) is 18.6 Å². The first-order valence-corrected chi connectivity index (χ1v) is 5.74. The molecule has 76 valence electrons. The normalized spacial score (nSPS) is 34.8. The number of hydrogen-bond acceptors (Lipinski definition) is 2. The first-order valence-electron chi connectivity index (χ1n) is 5.74. The van der Waals surface area contributed by atoms with Crippen molar-refractivity contribution in [3.05, 3.63) is 0 Å². The second-order valence-electron chi connectivity index (χ2n) is 4.69. The molecule has 0 heterocycles. The van der Waals surface area contributed by atoms with Crippen molar-refractivity contribution in [2.24, 2.45) is 11.8 Å². The van der Waals surface area contributed by atoms with Gasteiger partial charge in [-0.25, -0.2) is 0 Å². The van der Waals surface area contributed by atoms with E-state index < -0.39 is 0 Å². The molecule has 2 saturated carbocycles. The van der Waals surface area contributed by atoms with Gasteiger partial charge in [0.25, 0.3) is 0 Å².